The van der Waals surface area contributed by atoms with Gasteiger partial charge in [0, 0.05) is 38.9 Å². The molecule has 1 fully saturated rings. The second-order valence-electron chi connectivity index (χ2n) is 6.29. The van der Waals surface area contributed by atoms with Crippen molar-refractivity contribution in [2.75, 3.05) is 40.4 Å². The third-order valence-corrected chi connectivity index (χ3v) is 4.54. The van der Waals surface area contributed by atoms with Gasteiger partial charge in [0.25, 0.3) is 0 Å². The average molecular weight is 357 g/mol. The van der Waals surface area contributed by atoms with Gasteiger partial charge in [0.1, 0.15) is 11.9 Å². The highest BCUT2D eigenvalue weighted by Gasteiger charge is 2.25. The lowest BCUT2D eigenvalue weighted by Gasteiger charge is -2.34. The molecule has 1 aliphatic heterocycles. The van der Waals surface area contributed by atoms with Crippen LogP contribution >= 0.6 is 0 Å². The van der Waals surface area contributed by atoms with Crippen molar-refractivity contribution >= 4 is 5.96 Å². The van der Waals surface area contributed by atoms with Crippen molar-refractivity contribution in [2.45, 2.75) is 12.5 Å². The minimum Gasteiger partial charge on any atom is -0.496 e. The number of nitrogens with one attached hydrogen (secondary N) is 1. The van der Waals surface area contributed by atoms with Gasteiger partial charge in [0.2, 0.25) is 0 Å². The first kappa shape index (κ1) is 18.3. The van der Waals surface area contributed by atoms with Gasteiger partial charge in [-0.15, -0.1) is 0 Å². The minimum absolute atomic E-state index is 0.0187. The zero-order valence-corrected chi connectivity index (χ0v) is 15.7. The maximum Gasteiger partial charge on any atom is 0.193 e. The molecule has 2 aromatic rings. The Morgan fingerprint density at radius 3 is 3.00 bits per heavy atom. The highest BCUT2D eigenvalue weighted by Crippen LogP contribution is 2.21. The van der Waals surface area contributed by atoms with E-state index in [1.807, 2.05) is 44.7 Å². The lowest BCUT2D eigenvalue weighted by Crippen LogP contribution is -2.48. The van der Waals surface area contributed by atoms with E-state index in [1.54, 1.807) is 11.8 Å². The van der Waals surface area contributed by atoms with Crippen molar-refractivity contribution in [2.24, 2.45) is 12.0 Å². The fourth-order valence-electron chi connectivity index (χ4n) is 3.20. The van der Waals surface area contributed by atoms with E-state index >= 15 is 0 Å². The molecule has 1 unspecified atom stereocenters. The first-order valence-corrected chi connectivity index (χ1v) is 8.89. The summed E-state index contributed by atoms with van der Waals surface area (Å²) in [6.07, 6.45) is 4.77. The number of aromatic nitrogens is 2. The zero-order valence-electron chi connectivity index (χ0n) is 15.7. The van der Waals surface area contributed by atoms with Gasteiger partial charge in [0.15, 0.2) is 5.96 Å². The second-order valence-corrected chi connectivity index (χ2v) is 6.29. The molecule has 0 saturated carbocycles. The first-order chi connectivity index (χ1) is 12.7. The molecule has 1 aromatic heterocycles. The number of guanidine groups is 1. The van der Waals surface area contributed by atoms with Gasteiger partial charge in [-0.2, -0.15) is 5.10 Å². The van der Waals surface area contributed by atoms with Crippen LogP contribution in [0, 0.1) is 0 Å². The number of hydrogen-bond acceptors (Lipinski definition) is 4. The van der Waals surface area contributed by atoms with E-state index < -0.39 is 0 Å². The summed E-state index contributed by atoms with van der Waals surface area (Å²) in [5, 5.41) is 7.70. The molecule has 0 spiro atoms. The summed E-state index contributed by atoms with van der Waals surface area (Å²) in [7, 11) is 5.44. The summed E-state index contributed by atoms with van der Waals surface area (Å²) in [6.45, 7) is 3.06. The van der Waals surface area contributed by atoms with Gasteiger partial charge in [-0.25, -0.2) is 0 Å². The maximum atomic E-state index is 5.91. The summed E-state index contributed by atoms with van der Waals surface area (Å²) in [6, 6.07) is 8.11. The van der Waals surface area contributed by atoms with E-state index in [0.29, 0.717) is 6.61 Å². The Labute approximate surface area is 154 Å². The Hall–Kier alpha value is -2.54. The Balaban J connectivity index is 1.56. The van der Waals surface area contributed by atoms with Crippen LogP contribution in [0.1, 0.15) is 17.2 Å². The number of morpholine rings is 1. The van der Waals surface area contributed by atoms with Crippen LogP contribution in [0.5, 0.6) is 5.75 Å². The van der Waals surface area contributed by atoms with Crippen molar-refractivity contribution < 1.29 is 9.47 Å². The summed E-state index contributed by atoms with van der Waals surface area (Å²) < 4.78 is 13.1. The van der Waals surface area contributed by atoms with Gasteiger partial charge in [-0.1, -0.05) is 18.2 Å². The molecule has 0 amide bonds. The van der Waals surface area contributed by atoms with E-state index in [9.17, 15) is 0 Å². The number of para-hydroxylation sites is 1. The fourth-order valence-corrected chi connectivity index (χ4v) is 3.20. The summed E-state index contributed by atoms with van der Waals surface area (Å²) >= 11 is 0. The molecule has 1 saturated heterocycles. The quantitative estimate of drug-likeness (QED) is 0.651. The third-order valence-electron chi connectivity index (χ3n) is 4.54. The number of aryl methyl sites for hydroxylation is 1. The largest absolute Gasteiger partial charge is 0.496 e. The Bertz CT molecular complexity index is 743. The van der Waals surface area contributed by atoms with Crippen LogP contribution in [0.2, 0.25) is 0 Å². The van der Waals surface area contributed by atoms with Gasteiger partial charge in [-0.05, 0) is 18.1 Å². The molecule has 1 aliphatic rings. The molecule has 26 heavy (non-hydrogen) atoms. The normalized spacial score (nSPS) is 18.0. The number of aliphatic imine (C=N–C) groups is 1. The van der Waals surface area contributed by atoms with Crippen LogP contribution in [0.4, 0.5) is 0 Å². The van der Waals surface area contributed by atoms with Gasteiger partial charge in [-0.3, -0.25) is 9.67 Å². The average Bonchev–Trinajstić information content (AvgIpc) is 3.12. The van der Waals surface area contributed by atoms with E-state index in [4.69, 9.17) is 9.47 Å². The number of benzene rings is 1. The highest BCUT2D eigenvalue weighted by molar-refractivity contribution is 5.80. The van der Waals surface area contributed by atoms with E-state index in [0.717, 1.165) is 43.3 Å². The van der Waals surface area contributed by atoms with E-state index in [2.05, 4.69) is 26.4 Å². The molecular formula is C19H27N5O2. The van der Waals surface area contributed by atoms with Gasteiger partial charge >= 0.3 is 0 Å². The molecule has 0 bridgehead atoms. The predicted molar refractivity (Wildman–Crippen MR) is 102 cm³/mol. The Morgan fingerprint density at radius 2 is 2.27 bits per heavy atom. The molecule has 1 aromatic carbocycles. The van der Waals surface area contributed by atoms with Crippen molar-refractivity contribution in [3.8, 4) is 5.75 Å². The number of hydrogen-bond donors (Lipinski definition) is 1. The number of nitrogens with zero attached hydrogens (tertiary/aromatic N) is 4. The van der Waals surface area contributed by atoms with Crippen LogP contribution < -0.4 is 10.1 Å². The van der Waals surface area contributed by atoms with E-state index in [-0.39, 0.29) is 6.10 Å². The summed E-state index contributed by atoms with van der Waals surface area (Å²) in [5.41, 5.74) is 2.29. The van der Waals surface area contributed by atoms with E-state index in [1.165, 1.54) is 5.56 Å². The monoisotopic (exact) mass is 357 g/mol. The molecule has 0 radical (unpaired) electrons. The van der Waals surface area contributed by atoms with Crippen LogP contribution in [0.15, 0.2) is 41.7 Å². The molecule has 3 rings (SSSR count). The molecule has 1 atom stereocenters. The molecular weight excluding hydrogens is 330 g/mol. The molecule has 7 nitrogen and oxygen atoms in total. The number of methoxy groups -OCH3 is 1. The lowest BCUT2D eigenvalue weighted by atomic mass is 10.1. The van der Waals surface area contributed by atoms with Crippen molar-refractivity contribution in [1.82, 2.24) is 20.0 Å². The fraction of sp³-hybridized carbons (Fsp3) is 0.474. The third kappa shape index (κ3) is 4.35. The Morgan fingerprint density at radius 1 is 1.42 bits per heavy atom. The number of rotatable bonds is 5. The molecule has 7 heteroatoms. The topological polar surface area (TPSA) is 63.9 Å². The van der Waals surface area contributed by atoms with Crippen LogP contribution in [-0.2, 0) is 18.2 Å². The second kappa shape index (κ2) is 8.71. The molecule has 0 aliphatic carbocycles. The first-order valence-electron chi connectivity index (χ1n) is 8.89. The SMILES string of the molecule is CN=C(NCCc1ccccc1OC)N1CCOC(c2cnn(C)c2)C1. The number of ether oxygens (including phenoxy) is 2. The molecule has 1 N–H and O–H groups in total. The zero-order chi connectivity index (χ0) is 18.4. The Kier molecular flexibility index (Phi) is 6.12. The molecule has 140 valence electrons. The summed E-state index contributed by atoms with van der Waals surface area (Å²) in [5.74, 6) is 1.82. The summed E-state index contributed by atoms with van der Waals surface area (Å²) in [4.78, 5) is 6.68. The smallest absolute Gasteiger partial charge is 0.193 e. The van der Waals surface area contributed by atoms with Gasteiger partial charge in [0.05, 0.1) is 26.5 Å². The van der Waals surface area contributed by atoms with Crippen LogP contribution in [-0.4, -0.2) is 61.0 Å². The predicted octanol–water partition coefficient (Wildman–Crippen LogP) is 1.62. The van der Waals surface area contributed by atoms with Crippen molar-refractivity contribution in [3.05, 3.63) is 47.8 Å². The van der Waals surface area contributed by atoms with Gasteiger partial charge < -0.3 is 19.7 Å². The highest BCUT2D eigenvalue weighted by atomic mass is 16.5. The van der Waals surface area contributed by atoms with Crippen molar-refractivity contribution in [1.29, 1.82) is 0 Å². The molecule has 2 heterocycles. The lowest BCUT2D eigenvalue weighted by molar-refractivity contribution is -0.00800. The maximum absolute atomic E-state index is 5.91. The van der Waals surface area contributed by atoms with Crippen LogP contribution in [0.25, 0.3) is 0 Å². The minimum atomic E-state index is 0.0187. The van der Waals surface area contributed by atoms with Crippen molar-refractivity contribution in [3.63, 3.8) is 0 Å². The van der Waals surface area contributed by atoms with Crippen LogP contribution in [0.3, 0.4) is 0 Å². The standard InChI is InChI=1S/C19H27N5O2/c1-20-19(21-9-8-15-6-4-5-7-17(15)25-3)24-10-11-26-18(14-24)16-12-22-23(2)13-16/h4-7,12-13,18H,8-11,14H2,1-3H3,(H,20,21).